The van der Waals surface area contributed by atoms with E-state index in [9.17, 15) is 0 Å². The summed E-state index contributed by atoms with van der Waals surface area (Å²) in [5, 5.41) is 0. The van der Waals surface area contributed by atoms with Crippen LogP contribution in [0.1, 0.15) is 5.56 Å². The van der Waals surface area contributed by atoms with Crippen LogP contribution in [0.5, 0.6) is 0 Å². The molecule has 0 heterocycles. The van der Waals surface area contributed by atoms with Gasteiger partial charge in [-0.3, -0.25) is 0 Å². The van der Waals surface area contributed by atoms with E-state index >= 15 is 0 Å². The molecule has 0 aliphatic heterocycles. The molecule has 1 aromatic rings. The molecule has 0 unspecified atom stereocenters. The minimum absolute atomic E-state index is 0.990. The molecule has 92 valence electrons. The Kier molecular flexibility index (Phi) is 5.61. The zero-order valence-corrected chi connectivity index (χ0v) is 10.7. The van der Waals surface area contributed by atoms with Crippen molar-refractivity contribution in [3.63, 3.8) is 0 Å². The first-order valence-corrected chi connectivity index (χ1v) is 6.47. The van der Waals surface area contributed by atoms with Gasteiger partial charge in [0.25, 0.3) is 0 Å². The SMILES string of the molecule is C[N+](C)(C)Cc1ccccc1.[O]=[Mn](=[O])(=[O])[O-]. The summed E-state index contributed by atoms with van der Waals surface area (Å²) in [5.41, 5.74) is 1.40. The van der Waals surface area contributed by atoms with Crippen LogP contribution >= 0.6 is 0 Å². The molecule has 0 aliphatic rings. The van der Waals surface area contributed by atoms with Gasteiger partial charge in [-0.05, 0) is 0 Å². The number of quaternary nitrogens is 1. The normalized spacial score (nSPS) is 11.5. The van der Waals surface area contributed by atoms with Crippen LogP contribution in [0.25, 0.3) is 0 Å². The molecule has 0 bridgehead atoms. The van der Waals surface area contributed by atoms with Gasteiger partial charge in [0.15, 0.2) is 0 Å². The number of nitrogens with zero attached hydrogens (tertiary/aromatic N) is 1. The third kappa shape index (κ3) is 13.1. The van der Waals surface area contributed by atoms with Crippen molar-refractivity contribution >= 4 is 0 Å². The first-order valence-electron chi connectivity index (χ1n) is 4.54. The molecular formula is C10H16MnNO4. The Labute approximate surface area is 97.1 Å². The van der Waals surface area contributed by atoms with Crippen molar-refractivity contribution in [1.82, 2.24) is 0 Å². The summed E-state index contributed by atoms with van der Waals surface area (Å²) in [5.74, 6) is 0. The van der Waals surface area contributed by atoms with Crippen LogP contribution in [-0.2, 0) is 31.0 Å². The van der Waals surface area contributed by atoms with Gasteiger partial charge in [-0.25, -0.2) is 0 Å². The molecule has 0 saturated carbocycles. The molecule has 16 heavy (non-hydrogen) atoms. The summed E-state index contributed by atoms with van der Waals surface area (Å²) >= 11 is -5.62. The number of rotatable bonds is 2. The number of hydrogen-bond donors (Lipinski definition) is 0. The fraction of sp³-hybridized carbons (Fsp3) is 0.400. The van der Waals surface area contributed by atoms with Crippen LogP contribution in [-0.4, -0.2) is 25.6 Å². The van der Waals surface area contributed by atoms with Gasteiger partial charge in [-0.1, -0.05) is 30.3 Å². The molecule has 0 amide bonds. The zero-order valence-electron chi connectivity index (χ0n) is 9.55. The zero-order chi connectivity index (χ0) is 12.8. The number of benzene rings is 1. The maximum atomic E-state index is 8.58. The van der Waals surface area contributed by atoms with Crippen molar-refractivity contribution in [1.29, 1.82) is 0 Å². The summed E-state index contributed by atoms with van der Waals surface area (Å²) < 4.78 is 35.3. The molecule has 6 heteroatoms. The van der Waals surface area contributed by atoms with Gasteiger partial charge in [0.2, 0.25) is 0 Å². The molecule has 5 nitrogen and oxygen atoms in total. The summed E-state index contributed by atoms with van der Waals surface area (Å²) in [4.78, 5) is 0. The first-order chi connectivity index (χ1) is 7.08. The van der Waals surface area contributed by atoms with Gasteiger partial charge in [0.1, 0.15) is 6.54 Å². The summed E-state index contributed by atoms with van der Waals surface area (Å²) in [6.07, 6.45) is 0. The Hall–Kier alpha value is -0.941. The molecule has 0 aliphatic carbocycles. The van der Waals surface area contributed by atoms with E-state index in [1.807, 2.05) is 0 Å². The van der Waals surface area contributed by atoms with Crippen LogP contribution in [0, 0.1) is 0 Å². The van der Waals surface area contributed by atoms with Crippen molar-refractivity contribution in [3.05, 3.63) is 35.9 Å². The predicted molar refractivity (Wildman–Crippen MR) is 50.2 cm³/mol. The molecule has 0 radical (unpaired) electrons. The number of hydrogen-bond acceptors (Lipinski definition) is 4. The van der Waals surface area contributed by atoms with E-state index in [-0.39, 0.29) is 0 Å². The Morgan fingerprint density at radius 1 is 1.06 bits per heavy atom. The second kappa shape index (κ2) is 5.96. The monoisotopic (exact) mass is 269 g/mol. The Morgan fingerprint density at radius 2 is 1.44 bits per heavy atom. The van der Waals surface area contributed by atoms with E-state index < -0.39 is 13.0 Å². The maximum absolute atomic E-state index is 8.58. The van der Waals surface area contributed by atoms with Crippen molar-refractivity contribution in [2.24, 2.45) is 0 Å². The second-order valence-corrected chi connectivity index (χ2v) is 5.49. The van der Waals surface area contributed by atoms with Crippen molar-refractivity contribution < 1.29 is 33.1 Å². The predicted octanol–water partition coefficient (Wildman–Crippen LogP) is 0.345. The molecule has 0 N–H and O–H groups in total. The van der Waals surface area contributed by atoms with Crippen LogP contribution in [0.4, 0.5) is 0 Å². The average Bonchev–Trinajstić information content (AvgIpc) is 1.99. The van der Waals surface area contributed by atoms with Gasteiger partial charge < -0.3 is 4.48 Å². The molecule has 0 atom stereocenters. The van der Waals surface area contributed by atoms with Crippen LogP contribution < -0.4 is 4.19 Å². The van der Waals surface area contributed by atoms with Crippen LogP contribution in [0.2, 0.25) is 0 Å². The third-order valence-corrected chi connectivity index (χ3v) is 1.50. The van der Waals surface area contributed by atoms with Crippen LogP contribution in [0.3, 0.4) is 0 Å². The molecule has 0 saturated heterocycles. The van der Waals surface area contributed by atoms with E-state index in [1.54, 1.807) is 0 Å². The van der Waals surface area contributed by atoms with Crippen molar-refractivity contribution in [2.45, 2.75) is 6.54 Å². The van der Waals surface area contributed by atoms with Crippen LogP contribution in [0.15, 0.2) is 30.3 Å². The fourth-order valence-electron chi connectivity index (χ4n) is 1.13. The molecule has 0 spiro atoms. The van der Waals surface area contributed by atoms with Gasteiger partial charge in [-0.15, -0.1) is 0 Å². The standard InChI is InChI=1S/C10H16N.Mn.4O/c1-11(2,3)9-10-7-5-4-6-8-10;;;;;/h4-8H,9H2,1-3H3;;;;;/q+1;;;;;-1. The minimum atomic E-state index is -5.62. The molecule has 1 rings (SSSR count). The van der Waals surface area contributed by atoms with Crippen molar-refractivity contribution in [2.75, 3.05) is 21.1 Å². The average molecular weight is 269 g/mol. The molecule has 0 fully saturated rings. The molecule has 1 aromatic carbocycles. The Morgan fingerprint density at radius 3 is 1.75 bits per heavy atom. The molecular weight excluding hydrogens is 253 g/mol. The van der Waals surface area contributed by atoms with Gasteiger partial charge in [0, 0.05) is 5.56 Å². The summed E-state index contributed by atoms with van der Waals surface area (Å²) in [7, 11) is 6.60. The fourth-order valence-corrected chi connectivity index (χ4v) is 1.13. The van der Waals surface area contributed by atoms with Gasteiger partial charge in [-0.2, -0.15) is 0 Å². The van der Waals surface area contributed by atoms with E-state index in [2.05, 4.69) is 51.5 Å². The van der Waals surface area contributed by atoms with E-state index in [0.29, 0.717) is 0 Å². The third-order valence-electron chi connectivity index (χ3n) is 1.50. The van der Waals surface area contributed by atoms with E-state index in [0.717, 1.165) is 11.0 Å². The Balaban J connectivity index is 0.000000385. The van der Waals surface area contributed by atoms with Crippen molar-refractivity contribution in [3.8, 4) is 0 Å². The second-order valence-electron chi connectivity index (χ2n) is 4.31. The quantitative estimate of drug-likeness (QED) is 0.573. The Bertz CT molecular complexity index is 440. The first kappa shape index (κ1) is 15.1. The topological polar surface area (TPSA) is 74.3 Å². The van der Waals surface area contributed by atoms with E-state index in [4.69, 9.17) is 15.7 Å². The molecule has 0 aromatic heterocycles. The summed E-state index contributed by atoms with van der Waals surface area (Å²) in [6.45, 7) is 1.10. The van der Waals surface area contributed by atoms with Gasteiger partial charge >= 0.3 is 28.7 Å². The van der Waals surface area contributed by atoms with E-state index in [1.165, 1.54) is 5.56 Å². The summed E-state index contributed by atoms with van der Waals surface area (Å²) in [6, 6.07) is 10.6. The van der Waals surface area contributed by atoms with Gasteiger partial charge in [0.05, 0.1) is 21.1 Å².